The fraction of sp³-hybridized carbons (Fsp3) is 0.227. The van der Waals surface area contributed by atoms with Crippen LogP contribution in [0.15, 0.2) is 54.9 Å². The summed E-state index contributed by atoms with van der Waals surface area (Å²) < 4.78 is 15.9. The Morgan fingerprint density at radius 2 is 2.03 bits per heavy atom. The molecule has 1 aromatic carbocycles. The Kier molecular flexibility index (Phi) is 4.57. The molecule has 2 aromatic heterocycles. The highest BCUT2D eigenvalue weighted by Gasteiger charge is 2.43. The van der Waals surface area contributed by atoms with Crippen LogP contribution in [0.25, 0.3) is 11.5 Å². The quantitative estimate of drug-likeness (QED) is 0.601. The zero-order valence-corrected chi connectivity index (χ0v) is 17.0. The van der Waals surface area contributed by atoms with Gasteiger partial charge in [0, 0.05) is 22.7 Å². The highest BCUT2D eigenvalue weighted by atomic mass is 19.1. The molecule has 1 atom stereocenters. The van der Waals surface area contributed by atoms with Crippen molar-refractivity contribution in [1.29, 1.82) is 0 Å². The number of rotatable bonds is 5. The largest absolute Gasteiger partial charge is 0.401 e. The fourth-order valence-corrected chi connectivity index (χ4v) is 3.72. The molecule has 0 radical (unpaired) electrons. The van der Waals surface area contributed by atoms with Crippen LogP contribution in [0.1, 0.15) is 30.7 Å². The van der Waals surface area contributed by atoms with Crippen LogP contribution >= 0.6 is 0 Å². The van der Waals surface area contributed by atoms with E-state index in [2.05, 4.69) is 33.5 Å². The average Bonchev–Trinajstić information content (AvgIpc) is 3.23. The first-order valence-electron chi connectivity index (χ1n) is 9.65. The lowest BCUT2D eigenvalue weighted by atomic mass is 9.80. The Balaban J connectivity index is 1.76. The first-order chi connectivity index (χ1) is 14.3. The molecule has 3 aromatic rings. The van der Waals surface area contributed by atoms with E-state index in [1.165, 1.54) is 6.07 Å². The lowest BCUT2D eigenvalue weighted by molar-refractivity contribution is 0.577. The number of nitrogen functional groups attached to an aromatic ring is 1. The van der Waals surface area contributed by atoms with Gasteiger partial charge in [-0.2, -0.15) is 5.10 Å². The van der Waals surface area contributed by atoms with Crippen molar-refractivity contribution < 1.29 is 4.39 Å². The first-order valence-corrected chi connectivity index (χ1v) is 9.65. The average molecular weight is 405 g/mol. The second kappa shape index (κ2) is 6.98. The normalized spacial score (nSPS) is 17.6. The van der Waals surface area contributed by atoms with Gasteiger partial charge in [0.05, 0.1) is 17.5 Å². The van der Waals surface area contributed by atoms with Gasteiger partial charge >= 0.3 is 0 Å². The number of nitrogens with two attached hydrogens (primary N) is 2. The summed E-state index contributed by atoms with van der Waals surface area (Å²) >= 11 is 0. The van der Waals surface area contributed by atoms with Crippen molar-refractivity contribution in [3.05, 3.63) is 77.5 Å². The van der Waals surface area contributed by atoms with E-state index in [0.717, 1.165) is 12.1 Å². The summed E-state index contributed by atoms with van der Waals surface area (Å²) in [6.07, 6.45) is 0.724. The molecule has 8 heteroatoms. The number of fused-ring (bicyclic) bond motifs is 1. The van der Waals surface area contributed by atoms with Gasteiger partial charge in [-0.1, -0.05) is 38.3 Å². The molecule has 0 amide bonds. The van der Waals surface area contributed by atoms with Crippen molar-refractivity contribution in [2.45, 2.75) is 32.2 Å². The van der Waals surface area contributed by atoms with Crippen molar-refractivity contribution in [1.82, 2.24) is 19.7 Å². The van der Waals surface area contributed by atoms with Crippen LogP contribution in [-0.2, 0) is 18.4 Å². The zero-order valence-electron chi connectivity index (χ0n) is 17.0. The summed E-state index contributed by atoms with van der Waals surface area (Å²) in [6, 6.07) is 8.55. The minimum absolute atomic E-state index is 0.265. The Hall–Kier alpha value is -3.68. The van der Waals surface area contributed by atoms with Crippen LogP contribution in [0.5, 0.6) is 0 Å². The van der Waals surface area contributed by atoms with Gasteiger partial charge in [-0.25, -0.2) is 14.4 Å². The van der Waals surface area contributed by atoms with E-state index in [-0.39, 0.29) is 11.6 Å². The molecule has 30 heavy (non-hydrogen) atoms. The molecule has 0 aliphatic carbocycles. The van der Waals surface area contributed by atoms with Gasteiger partial charge in [0.15, 0.2) is 5.82 Å². The zero-order chi connectivity index (χ0) is 21.6. The number of nitrogens with zero attached hydrogens (tertiary/aromatic N) is 4. The Morgan fingerprint density at radius 1 is 1.30 bits per heavy atom. The van der Waals surface area contributed by atoms with E-state index < -0.39 is 5.41 Å². The second-order valence-corrected chi connectivity index (χ2v) is 7.53. The summed E-state index contributed by atoms with van der Waals surface area (Å²) in [5.74, 6) is 0.939. The highest BCUT2D eigenvalue weighted by Crippen LogP contribution is 2.47. The molecule has 0 saturated heterocycles. The van der Waals surface area contributed by atoms with Gasteiger partial charge in [-0.05, 0) is 25.5 Å². The molecular weight excluding hydrogens is 381 g/mol. The van der Waals surface area contributed by atoms with Crippen molar-refractivity contribution in [2.75, 3.05) is 11.1 Å². The lowest BCUT2D eigenvalue weighted by Crippen LogP contribution is -2.29. The van der Waals surface area contributed by atoms with E-state index in [1.807, 2.05) is 19.9 Å². The number of aryl methyl sites for hydroxylation is 1. The maximum atomic E-state index is 14.1. The minimum Gasteiger partial charge on any atom is -0.401 e. The lowest BCUT2D eigenvalue weighted by Gasteiger charge is -2.25. The van der Waals surface area contributed by atoms with E-state index in [9.17, 15) is 4.39 Å². The Bertz CT molecular complexity index is 1180. The Labute approximate surface area is 174 Å². The van der Waals surface area contributed by atoms with Gasteiger partial charge in [-0.15, -0.1) is 0 Å². The number of nitrogens with one attached hydrogen (secondary N) is 1. The standard InChI is InChI=1S/C22H24FN7/c1-5-15-10-17(29-30(15)11-14-8-6-7-9-16(14)23)20-27-19(25)18-21(28-20)26-13(3)22(18,4)12(2)24/h6-10H,2-3,5,11,24H2,1,4H3,(H3,25,26,27,28). The first kappa shape index (κ1) is 19.6. The maximum absolute atomic E-state index is 14.1. The van der Waals surface area contributed by atoms with Crippen molar-refractivity contribution in [3.8, 4) is 11.5 Å². The fourth-order valence-electron chi connectivity index (χ4n) is 3.72. The SMILES string of the molecule is C=C(N)C1(C)C(=C)Nc2nc(-c3cc(CC)n(Cc4ccccc4F)n3)nc(N)c21. The van der Waals surface area contributed by atoms with Crippen molar-refractivity contribution in [3.63, 3.8) is 0 Å². The van der Waals surface area contributed by atoms with Gasteiger partial charge in [0.2, 0.25) is 0 Å². The van der Waals surface area contributed by atoms with Gasteiger partial charge in [0.1, 0.15) is 23.1 Å². The number of anilines is 2. The molecule has 7 nitrogen and oxygen atoms in total. The molecule has 5 N–H and O–H groups in total. The highest BCUT2D eigenvalue weighted by molar-refractivity contribution is 5.75. The molecule has 0 saturated carbocycles. The molecule has 154 valence electrons. The molecule has 0 bridgehead atoms. The summed E-state index contributed by atoms with van der Waals surface area (Å²) in [6.45, 7) is 12.1. The van der Waals surface area contributed by atoms with E-state index in [0.29, 0.717) is 46.4 Å². The number of hydrogen-bond acceptors (Lipinski definition) is 6. The molecule has 4 rings (SSSR count). The molecule has 1 unspecified atom stereocenters. The van der Waals surface area contributed by atoms with Gasteiger partial charge in [0.25, 0.3) is 0 Å². The summed E-state index contributed by atoms with van der Waals surface area (Å²) in [7, 11) is 0. The molecule has 0 spiro atoms. The van der Waals surface area contributed by atoms with Crippen LogP contribution in [0.4, 0.5) is 16.0 Å². The predicted molar refractivity (Wildman–Crippen MR) is 116 cm³/mol. The van der Waals surface area contributed by atoms with Crippen LogP contribution < -0.4 is 16.8 Å². The van der Waals surface area contributed by atoms with E-state index in [4.69, 9.17) is 11.5 Å². The van der Waals surface area contributed by atoms with E-state index in [1.54, 1.807) is 22.9 Å². The predicted octanol–water partition coefficient (Wildman–Crippen LogP) is 3.34. The van der Waals surface area contributed by atoms with Crippen LogP contribution in [0.2, 0.25) is 0 Å². The molecule has 1 aliphatic rings. The summed E-state index contributed by atoms with van der Waals surface area (Å²) in [5, 5.41) is 7.77. The van der Waals surface area contributed by atoms with Crippen LogP contribution in [-0.4, -0.2) is 19.7 Å². The third-order valence-electron chi connectivity index (χ3n) is 5.68. The maximum Gasteiger partial charge on any atom is 0.184 e. The van der Waals surface area contributed by atoms with Gasteiger partial charge in [-0.3, -0.25) is 4.68 Å². The van der Waals surface area contributed by atoms with Crippen molar-refractivity contribution >= 4 is 11.6 Å². The smallest absolute Gasteiger partial charge is 0.184 e. The number of halogens is 1. The second-order valence-electron chi connectivity index (χ2n) is 7.53. The minimum atomic E-state index is -0.753. The monoisotopic (exact) mass is 405 g/mol. The molecule has 0 fully saturated rings. The van der Waals surface area contributed by atoms with Crippen LogP contribution in [0.3, 0.4) is 0 Å². The molecule has 3 heterocycles. The molecular formula is C22H24FN7. The number of hydrogen-bond donors (Lipinski definition) is 3. The topological polar surface area (TPSA) is 108 Å². The van der Waals surface area contributed by atoms with E-state index >= 15 is 0 Å². The number of aromatic nitrogens is 4. The molecule has 1 aliphatic heterocycles. The van der Waals surface area contributed by atoms with Gasteiger partial charge < -0.3 is 16.8 Å². The third kappa shape index (κ3) is 2.92. The number of benzene rings is 1. The third-order valence-corrected chi connectivity index (χ3v) is 5.68. The van der Waals surface area contributed by atoms with Crippen LogP contribution in [0, 0.1) is 5.82 Å². The summed E-state index contributed by atoms with van der Waals surface area (Å²) in [4.78, 5) is 9.10. The Morgan fingerprint density at radius 3 is 2.70 bits per heavy atom. The summed E-state index contributed by atoms with van der Waals surface area (Å²) in [5.41, 5.74) is 15.3. The van der Waals surface area contributed by atoms with Crippen molar-refractivity contribution in [2.24, 2.45) is 5.73 Å².